The molecule has 0 unspecified atom stereocenters. The van der Waals surface area contributed by atoms with E-state index in [1.54, 1.807) is 6.92 Å². The third-order valence-corrected chi connectivity index (χ3v) is 2.92. The van der Waals surface area contributed by atoms with Crippen LogP contribution in [-0.4, -0.2) is 12.1 Å². The molecule has 0 saturated heterocycles. The summed E-state index contributed by atoms with van der Waals surface area (Å²) in [5, 5.41) is 0. The number of hydrogen-bond acceptors (Lipinski definition) is 2. The van der Waals surface area contributed by atoms with Crippen molar-refractivity contribution in [2.45, 2.75) is 64.4 Å². The molecule has 0 aromatic rings. The van der Waals surface area contributed by atoms with Crippen molar-refractivity contribution in [3.8, 4) is 0 Å². The summed E-state index contributed by atoms with van der Waals surface area (Å²) in [6.07, 6.45) is 9.79. The lowest BCUT2D eigenvalue weighted by atomic mass is 10.1. The Morgan fingerprint density at radius 2 is 1.53 bits per heavy atom. The average molecular weight is 210 g/mol. The summed E-state index contributed by atoms with van der Waals surface area (Å²) in [6.45, 7) is 5.31. The van der Waals surface area contributed by atoms with Gasteiger partial charge in [0.1, 0.15) is 6.10 Å². The molecule has 0 radical (unpaired) electrons. The van der Waals surface area contributed by atoms with Crippen LogP contribution in [0.15, 0.2) is 12.2 Å². The molecule has 0 aromatic carbocycles. The first-order chi connectivity index (χ1) is 7.20. The third-order valence-electron chi connectivity index (χ3n) is 2.92. The van der Waals surface area contributed by atoms with Gasteiger partial charge in [0.25, 0.3) is 0 Å². The van der Waals surface area contributed by atoms with Crippen LogP contribution in [0.1, 0.15) is 58.3 Å². The van der Waals surface area contributed by atoms with Crippen LogP contribution in [0, 0.1) is 0 Å². The first-order valence-corrected chi connectivity index (χ1v) is 6.06. The second-order valence-corrected chi connectivity index (χ2v) is 4.51. The van der Waals surface area contributed by atoms with E-state index in [-0.39, 0.29) is 12.1 Å². The van der Waals surface area contributed by atoms with Gasteiger partial charge in [-0.3, -0.25) is 0 Å². The number of carbonyl (C=O) groups excluding carboxylic acids is 1. The minimum Gasteiger partial charge on any atom is -0.459 e. The van der Waals surface area contributed by atoms with Crippen molar-refractivity contribution in [3.05, 3.63) is 12.2 Å². The van der Waals surface area contributed by atoms with Gasteiger partial charge in [0.05, 0.1) is 0 Å². The second kappa shape index (κ2) is 6.65. The molecule has 0 heterocycles. The third kappa shape index (κ3) is 5.01. The molecule has 1 saturated carbocycles. The van der Waals surface area contributed by atoms with Gasteiger partial charge in [-0.15, -0.1) is 0 Å². The molecule has 2 heteroatoms. The van der Waals surface area contributed by atoms with Gasteiger partial charge in [0.2, 0.25) is 0 Å². The van der Waals surface area contributed by atoms with Crippen molar-refractivity contribution in [1.82, 2.24) is 0 Å². The van der Waals surface area contributed by atoms with Crippen molar-refractivity contribution >= 4 is 5.97 Å². The zero-order chi connectivity index (χ0) is 11.1. The topological polar surface area (TPSA) is 26.3 Å². The van der Waals surface area contributed by atoms with E-state index in [0.29, 0.717) is 5.57 Å². The van der Waals surface area contributed by atoms with E-state index in [2.05, 4.69) is 6.58 Å². The van der Waals surface area contributed by atoms with Crippen LogP contribution in [0.2, 0.25) is 0 Å². The van der Waals surface area contributed by atoms with Crippen LogP contribution in [0.3, 0.4) is 0 Å². The molecule has 2 nitrogen and oxygen atoms in total. The first-order valence-electron chi connectivity index (χ1n) is 6.06. The smallest absolute Gasteiger partial charge is 0.333 e. The lowest BCUT2D eigenvalue weighted by Gasteiger charge is -2.16. The van der Waals surface area contributed by atoms with Crippen LogP contribution in [-0.2, 0) is 9.53 Å². The Labute approximate surface area is 92.7 Å². The first kappa shape index (κ1) is 12.3. The molecule has 0 bridgehead atoms. The molecule has 86 valence electrons. The van der Waals surface area contributed by atoms with Gasteiger partial charge >= 0.3 is 5.97 Å². The molecule has 0 atom stereocenters. The van der Waals surface area contributed by atoms with Gasteiger partial charge in [-0.1, -0.05) is 32.3 Å². The number of esters is 1. The summed E-state index contributed by atoms with van der Waals surface area (Å²) in [4.78, 5) is 11.4. The molecular weight excluding hydrogens is 188 g/mol. The van der Waals surface area contributed by atoms with Gasteiger partial charge in [-0.25, -0.2) is 4.79 Å². The van der Waals surface area contributed by atoms with Gasteiger partial charge < -0.3 is 4.74 Å². The lowest BCUT2D eigenvalue weighted by molar-refractivity contribution is -0.144. The van der Waals surface area contributed by atoms with Crippen LogP contribution < -0.4 is 0 Å². The van der Waals surface area contributed by atoms with E-state index in [1.807, 2.05) is 0 Å². The highest BCUT2D eigenvalue weighted by Gasteiger charge is 2.15. The molecule has 0 aliphatic heterocycles. The Bertz CT molecular complexity index is 211. The zero-order valence-electron chi connectivity index (χ0n) is 9.76. The Morgan fingerprint density at radius 1 is 1.07 bits per heavy atom. The fraction of sp³-hybridized carbons (Fsp3) is 0.769. The van der Waals surface area contributed by atoms with Gasteiger partial charge in [-0.2, -0.15) is 0 Å². The fourth-order valence-electron chi connectivity index (χ4n) is 1.97. The molecule has 0 N–H and O–H groups in total. The van der Waals surface area contributed by atoms with Crippen molar-refractivity contribution in [1.29, 1.82) is 0 Å². The van der Waals surface area contributed by atoms with E-state index in [0.717, 1.165) is 12.8 Å². The molecule has 15 heavy (non-hydrogen) atoms. The predicted molar refractivity (Wildman–Crippen MR) is 61.6 cm³/mol. The highest BCUT2D eigenvalue weighted by Crippen LogP contribution is 2.19. The maximum absolute atomic E-state index is 11.4. The number of ether oxygens (including phenoxy) is 1. The van der Waals surface area contributed by atoms with Gasteiger partial charge in [0.15, 0.2) is 0 Å². The molecule has 1 fully saturated rings. The molecule has 1 rings (SSSR count). The van der Waals surface area contributed by atoms with E-state index in [1.165, 1.54) is 38.5 Å². The molecular formula is C13H22O2. The SMILES string of the molecule is C=C(C)C(=O)OC1CCCCCCCC1. The summed E-state index contributed by atoms with van der Waals surface area (Å²) < 4.78 is 5.41. The van der Waals surface area contributed by atoms with Crippen molar-refractivity contribution in [3.63, 3.8) is 0 Å². The molecule has 1 aliphatic carbocycles. The summed E-state index contributed by atoms with van der Waals surface area (Å²) in [5.41, 5.74) is 0.509. The van der Waals surface area contributed by atoms with E-state index >= 15 is 0 Å². The maximum Gasteiger partial charge on any atom is 0.333 e. The van der Waals surface area contributed by atoms with Crippen molar-refractivity contribution in [2.75, 3.05) is 0 Å². The standard InChI is InChI=1S/C13H22O2/c1-11(2)13(14)15-12-9-7-5-3-4-6-8-10-12/h12H,1,3-10H2,2H3. The molecule has 0 aromatic heterocycles. The van der Waals surface area contributed by atoms with Crippen LogP contribution in [0.5, 0.6) is 0 Å². The summed E-state index contributed by atoms with van der Waals surface area (Å²) in [6, 6.07) is 0. The normalized spacial score (nSPS) is 19.8. The fourth-order valence-corrected chi connectivity index (χ4v) is 1.97. The van der Waals surface area contributed by atoms with E-state index < -0.39 is 0 Å². The van der Waals surface area contributed by atoms with Crippen LogP contribution >= 0.6 is 0 Å². The van der Waals surface area contributed by atoms with E-state index in [4.69, 9.17) is 4.74 Å². The Hall–Kier alpha value is -0.790. The number of hydrogen-bond donors (Lipinski definition) is 0. The number of carbonyl (C=O) groups is 1. The Morgan fingerprint density at radius 3 is 2.00 bits per heavy atom. The quantitative estimate of drug-likeness (QED) is 0.514. The monoisotopic (exact) mass is 210 g/mol. The minimum absolute atomic E-state index is 0.132. The predicted octanol–water partition coefficient (Wildman–Crippen LogP) is 3.61. The second-order valence-electron chi connectivity index (χ2n) is 4.51. The Balaban J connectivity index is 2.36. The number of rotatable bonds is 2. The highest BCUT2D eigenvalue weighted by molar-refractivity contribution is 5.87. The average Bonchev–Trinajstić information content (AvgIpc) is 2.31. The molecule has 0 spiro atoms. The summed E-state index contributed by atoms with van der Waals surface area (Å²) in [7, 11) is 0. The van der Waals surface area contributed by atoms with Crippen molar-refractivity contribution < 1.29 is 9.53 Å². The van der Waals surface area contributed by atoms with Crippen LogP contribution in [0.4, 0.5) is 0 Å². The highest BCUT2D eigenvalue weighted by atomic mass is 16.5. The largest absolute Gasteiger partial charge is 0.459 e. The maximum atomic E-state index is 11.4. The summed E-state index contributed by atoms with van der Waals surface area (Å²) in [5.74, 6) is -0.223. The van der Waals surface area contributed by atoms with Gasteiger partial charge in [-0.05, 0) is 32.6 Å². The molecule has 1 aliphatic rings. The zero-order valence-corrected chi connectivity index (χ0v) is 9.76. The van der Waals surface area contributed by atoms with Crippen LogP contribution in [0.25, 0.3) is 0 Å². The lowest BCUT2D eigenvalue weighted by Crippen LogP contribution is -2.18. The van der Waals surface area contributed by atoms with E-state index in [9.17, 15) is 4.79 Å². The van der Waals surface area contributed by atoms with Gasteiger partial charge in [0, 0.05) is 5.57 Å². The Kier molecular flexibility index (Phi) is 5.44. The van der Waals surface area contributed by atoms with Crippen molar-refractivity contribution in [2.24, 2.45) is 0 Å². The minimum atomic E-state index is -0.223. The molecule has 0 amide bonds. The summed E-state index contributed by atoms with van der Waals surface area (Å²) >= 11 is 0.